The number of nitrogens with zero attached hydrogens (tertiary/aromatic N) is 5. The normalized spacial score (nSPS) is 18.1. The third-order valence-electron chi connectivity index (χ3n) is 3.80. The molecule has 4 rings (SSSR count). The van der Waals surface area contributed by atoms with Gasteiger partial charge >= 0.3 is 0 Å². The fourth-order valence-electron chi connectivity index (χ4n) is 2.84. The van der Waals surface area contributed by atoms with Crippen molar-refractivity contribution < 1.29 is 0 Å². The third-order valence-corrected chi connectivity index (χ3v) is 3.80. The van der Waals surface area contributed by atoms with Crippen molar-refractivity contribution in [1.82, 2.24) is 24.4 Å². The van der Waals surface area contributed by atoms with Crippen molar-refractivity contribution in [1.29, 1.82) is 0 Å². The zero-order chi connectivity index (χ0) is 13.5. The first-order chi connectivity index (χ1) is 9.79. The average Bonchev–Trinajstić information content (AvgIpc) is 3.04. The van der Waals surface area contributed by atoms with Crippen molar-refractivity contribution in [2.45, 2.75) is 32.4 Å². The maximum atomic E-state index is 4.46. The van der Waals surface area contributed by atoms with E-state index in [2.05, 4.69) is 37.3 Å². The van der Waals surface area contributed by atoms with Gasteiger partial charge in [-0.05, 0) is 25.5 Å². The second-order valence-corrected chi connectivity index (χ2v) is 5.27. The number of aromatic nitrogens is 5. The van der Waals surface area contributed by atoms with Gasteiger partial charge < -0.3 is 5.32 Å². The van der Waals surface area contributed by atoms with Gasteiger partial charge in [0.2, 0.25) is 0 Å². The van der Waals surface area contributed by atoms with Crippen LogP contribution in [0.1, 0.15) is 17.8 Å². The molecule has 0 radical (unpaired) electrons. The van der Waals surface area contributed by atoms with Gasteiger partial charge in [0.05, 0.1) is 5.69 Å². The number of anilines is 1. The Hall–Kier alpha value is -2.37. The molecule has 0 saturated heterocycles. The fourth-order valence-corrected chi connectivity index (χ4v) is 2.84. The maximum Gasteiger partial charge on any atom is 0.152 e. The first-order valence-electron chi connectivity index (χ1n) is 6.88. The minimum atomic E-state index is 0.396. The lowest BCUT2D eigenvalue weighted by molar-refractivity contribution is 0.455. The zero-order valence-electron chi connectivity index (χ0n) is 11.3. The number of aryl methyl sites for hydroxylation is 2. The minimum Gasteiger partial charge on any atom is -0.365 e. The molecule has 1 aliphatic rings. The van der Waals surface area contributed by atoms with Gasteiger partial charge in [-0.25, -0.2) is 9.50 Å². The third kappa shape index (κ3) is 1.84. The lowest BCUT2D eigenvalue weighted by atomic mass is 10.0. The van der Waals surface area contributed by atoms with Crippen LogP contribution in [0, 0.1) is 6.92 Å². The minimum absolute atomic E-state index is 0.396. The number of nitrogens with one attached hydrogen (secondary N) is 1. The molecule has 1 N–H and O–H groups in total. The number of hydrogen-bond donors (Lipinski definition) is 1. The van der Waals surface area contributed by atoms with E-state index in [1.54, 1.807) is 6.20 Å². The summed E-state index contributed by atoms with van der Waals surface area (Å²) >= 11 is 0. The molecule has 0 bridgehead atoms. The van der Waals surface area contributed by atoms with Crippen molar-refractivity contribution in [2.75, 3.05) is 5.32 Å². The van der Waals surface area contributed by atoms with Gasteiger partial charge in [0, 0.05) is 43.3 Å². The number of fused-ring (bicyclic) bond motifs is 2. The van der Waals surface area contributed by atoms with Crippen LogP contribution in [0.2, 0.25) is 0 Å². The van der Waals surface area contributed by atoms with Crippen molar-refractivity contribution in [3.8, 4) is 0 Å². The predicted octanol–water partition coefficient (Wildman–Crippen LogP) is 1.66. The van der Waals surface area contributed by atoms with Gasteiger partial charge in [0.15, 0.2) is 5.82 Å². The van der Waals surface area contributed by atoms with E-state index >= 15 is 0 Å². The van der Waals surface area contributed by atoms with Gasteiger partial charge in [0.1, 0.15) is 5.52 Å². The Balaban J connectivity index is 1.62. The molecule has 6 nitrogen and oxygen atoms in total. The largest absolute Gasteiger partial charge is 0.365 e. The summed E-state index contributed by atoms with van der Waals surface area (Å²) in [5.41, 5.74) is 3.32. The highest BCUT2D eigenvalue weighted by atomic mass is 15.3. The zero-order valence-corrected chi connectivity index (χ0v) is 11.3. The summed E-state index contributed by atoms with van der Waals surface area (Å²) in [4.78, 5) is 4.46. The van der Waals surface area contributed by atoms with E-state index in [4.69, 9.17) is 0 Å². The van der Waals surface area contributed by atoms with Crippen LogP contribution >= 0.6 is 0 Å². The lowest BCUT2D eigenvalue weighted by Crippen LogP contribution is -2.30. The van der Waals surface area contributed by atoms with Crippen molar-refractivity contribution in [2.24, 2.45) is 0 Å². The summed E-state index contributed by atoms with van der Waals surface area (Å²) in [6.45, 7) is 2.96. The average molecular weight is 268 g/mol. The Kier molecular flexibility index (Phi) is 2.48. The van der Waals surface area contributed by atoms with Crippen LogP contribution in [0.3, 0.4) is 0 Å². The summed E-state index contributed by atoms with van der Waals surface area (Å²) in [6.07, 6.45) is 7.58. The molecule has 1 atom stereocenters. The van der Waals surface area contributed by atoms with Crippen LogP contribution in [0.15, 0.2) is 30.7 Å². The van der Waals surface area contributed by atoms with Crippen molar-refractivity contribution in [3.05, 3.63) is 42.1 Å². The topological polar surface area (TPSA) is 60.0 Å². The summed E-state index contributed by atoms with van der Waals surface area (Å²) in [7, 11) is 0. The molecule has 3 aromatic heterocycles. The summed E-state index contributed by atoms with van der Waals surface area (Å²) < 4.78 is 3.95. The van der Waals surface area contributed by atoms with E-state index in [0.717, 1.165) is 36.4 Å². The summed E-state index contributed by atoms with van der Waals surface area (Å²) in [6, 6.07) is 4.54. The quantitative estimate of drug-likeness (QED) is 0.768. The van der Waals surface area contributed by atoms with Crippen molar-refractivity contribution >= 4 is 11.3 Å². The van der Waals surface area contributed by atoms with Gasteiger partial charge in [0.25, 0.3) is 0 Å². The Morgan fingerprint density at radius 1 is 1.35 bits per heavy atom. The molecule has 3 aromatic rings. The molecule has 0 amide bonds. The van der Waals surface area contributed by atoms with Crippen molar-refractivity contribution in [3.63, 3.8) is 0 Å². The van der Waals surface area contributed by atoms with E-state index in [-0.39, 0.29) is 0 Å². The summed E-state index contributed by atoms with van der Waals surface area (Å²) in [5.74, 6) is 0.908. The monoisotopic (exact) mass is 268 g/mol. The SMILES string of the molecule is Cc1cc2c(NC3CCn4nccc4C3)nccn2n1. The van der Waals surface area contributed by atoms with Crippen LogP contribution in [0.5, 0.6) is 0 Å². The molecule has 0 spiro atoms. The highest BCUT2D eigenvalue weighted by Crippen LogP contribution is 2.20. The van der Waals surface area contributed by atoms with Crippen LogP contribution in [0.25, 0.3) is 5.52 Å². The van der Waals surface area contributed by atoms with E-state index in [0.29, 0.717) is 6.04 Å². The van der Waals surface area contributed by atoms with Crippen LogP contribution in [-0.4, -0.2) is 30.4 Å². The predicted molar refractivity (Wildman–Crippen MR) is 75.7 cm³/mol. The molecule has 4 heterocycles. The molecule has 0 saturated carbocycles. The van der Waals surface area contributed by atoms with E-state index in [9.17, 15) is 0 Å². The summed E-state index contributed by atoms with van der Waals surface area (Å²) in [5, 5.41) is 12.3. The Morgan fingerprint density at radius 3 is 3.25 bits per heavy atom. The van der Waals surface area contributed by atoms with Crippen LogP contribution < -0.4 is 5.32 Å². The Morgan fingerprint density at radius 2 is 2.30 bits per heavy atom. The molecular weight excluding hydrogens is 252 g/mol. The van der Waals surface area contributed by atoms with E-state index in [1.165, 1.54) is 5.69 Å². The first kappa shape index (κ1) is 11.5. The Bertz CT molecular complexity index is 756. The second kappa shape index (κ2) is 4.33. The fraction of sp³-hybridized carbons (Fsp3) is 0.357. The number of hydrogen-bond acceptors (Lipinski definition) is 4. The van der Waals surface area contributed by atoms with Gasteiger partial charge in [-0.1, -0.05) is 0 Å². The second-order valence-electron chi connectivity index (χ2n) is 5.27. The molecular formula is C14H16N6. The molecule has 102 valence electrons. The highest BCUT2D eigenvalue weighted by molar-refractivity contribution is 5.68. The van der Waals surface area contributed by atoms with Crippen LogP contribution in [0.4, 0.5) is 5.82 Å². The van der Waals surface area contributed by atoms with Gasteiger partial charge in [-0.2, -0.15) is 10.2 Å². The molecule has 0 aliphatic carbocycles. The van der Waals surface area contributed by atoms with Crippen LogP contribution in [-0.2, 0) is 13.0 Å². The number of rotatable bonds is 2. The molecule has 1 aliphatic heterocycles. The Labute approximate surface area is 116 Å². The lowest BCUT2D eigenvalue weighted by Gasteiger charge is -2.24. The smallest absolute Gasteiger partial charge is 0.152 e. The highest BCUT2D eigenvalue weighted by Gasteiger charge is 2.19. The van der Waals surface area contributed by atoms with E-state index < -0.39 is 0 Å². The molecule has 0 aromatic carbocycles. The first-order valence-corrected chi connectivity index (χ1v) is 6.88. The van der Waals surface area contributed by atoms with Gasteiger partial charge in [-0.15, -0.1) is 0 Å². The molecule has 0 fully saturated rings. The standard InChI is InChI=1S/C14H16N6/c1-10-8-13-14(15-5-7-20(13)18-10)17-11-3-6-19-12(9-11)2-4-16-19/h2,4-5,7-8,11H,3,6,9H2,1H3,(H,15,17). The molecule has 20 heavy (non-hydrogen) atoms. The van der Waals surface area contributed by atoms with E-state index in [1.807, 2.05) is 23.8 Å². The maximum absolute atomic E-state index is 4.46. The van der Waals surface area contributed by atoms with Gasteiger partial charge in [-0.3, -0.25) is 4.68 Å². The molecule has 6 heteroatoms. The molecule has 1 unspecified atom stereocenters.